The Bertz CT molecular complexity index is 668. The van der Waals surface area contributed by atoms with Gasteiger partial charge >= 0.3 is 5.97 Å². The molecule has 0 saturated carbocycles. The van der Waals surface area contributed by atoms with Gasteiger partial charge in [-0.3, -0.25) is 9.69 Å². The van der Waals surface area contributed by atoms with Crippen LogP contribution in [-0.4, -0.2) is 40.0 Å². The van der Waals surface area contributed by atoms with Crippen molar-refractivity contribution >= 4 is 16.9 Å². The fourth-order valence-electron chi connectivity index (χ4n) is 2.93. The number of hydrogen-bond acceptors (Lipinski definition) is 2. The van der Waals surface area contributed by atoms with Gasteiger partial charge in [-0.1, -0.05) is 12.1 Å². The van der Waals surface area contributed by atoms with E-state index in [1.807, 2.05) is 30.5 Å². The van der Waals surface area contributed by atoms with Crippen molar-refractivity contribution in [3.63, 3.8) is 0 Å². The van der Waals surface area contributed by atoms with Gasteiger partial charge in [-0.2, -0.15) is 0 Å². The van der Waals surface area contributed by atoms with Crippen molar-refractivity contribution < 1.29 is 18.7 Å². The first-order chi connectivity index (χ1) is 9.93. The van der Waals surface area contributed by atoms with Crippen LogP contribution in [0.3, 0.4) is 0 Å². The number of H-pyrrole nitrogens is 1. The quantitative estimate of drug-likeness (QED) is 0.915. The topological polar surface area (TPSA) is 56.3 Å². The number of piperidine rings is 1. The molecule has 1 unspecified atom stereocenters. The van der Waals surface area contributed by atoms with Gasteiger partial charge in [0.25, 0.3) is 5.92 Å². The molecule has 1 aliphatic rings. The zero-order valence-corrected chi connectivity index (χ0v) is 11.4. The van der Waals surface area contributed by atoms with Gasteiger partial charge in [-0.05, 0) is 23.1 Å². The van der Waals surface area contributed by atoms with Crippen molar-refractivity contribution in [3.05, 3.63) is 36.0 Å². The van der Waals surface area contributed by atoms with Crippen molar-refractivity contribution in [3.8, 4) is 0 Å². The molecule has 3 rings (SSSR count). The molecule has 0 radical (unpaired) electrons. The average molecular weight is 294 g/mol. The maximum atomic E-state index is 13.7. The number of likely N-dealkylation sites (tertiary alicyclic amines) is 1. The maximum absolute atomic E-state index is 13.7. The zero-order valence-electron chi connectivity index (χ0n) is 11.4. The highest BCUT2D eigenvalue weighted by molar-refractivity contribution is 5.79. The summed E-state index contributed by atoms with van der Waals surface area (Å²) < 4.78 is 27.3. The van der Waals surface area contributed by atoms with E-state index in [9.17, 15) is 13.6 Å². The number of fused-ring (bicyclic) bond motifs is 1. The number of aliphatic carboxylic acids is 1. The Hall–Kier alpha value is -1.95. The molecule has 1 aliphatic heterocycles. The molecule has 0 amide bonds. The highest BCUT2D eigenvalue weighted by atomic mass is 19.3. The molecule has 1 aromatic heterocycles. The SMILES string of the molecule is O=C(O)C1CN(Cc2ccc3cc[nH]c3c2)CC(F)(F)C1. The van der Waals surface area contributed by atoms with Crippen LogP contribution in [0.4, 0.5) is 8.78 Å². The smallest absolute Gasteiger partial charge is 0.308 e. The molecule has 0 aliphatic carbocycles. The third kappa shape index (κ3) is 3.05. The van der Waals surface area contributed by atoms with Crippen molar-refractivity contribution in [2.24, 2.45) is 5.92 Å². The molecule has 1 saturated heterocycles. The lowest BCUT2D eigenvalue weighted by molar-refractivity contribution is -0.153. The van der Waals surface area contributed by atoms with Gasteiger partial charge in [0.05, 0.1) is 12.5 Å². The summed E-state index contributed by atoms with van der Waals surface area (Å²) in [4.78, 5) is 15.6. The second-order valence-electron chi connectivity index (χ2n) is 5.66. The number of rotatable bonds is 3. The number of nitrogens with zero attached hydrogens (tertiary/aromatic N) is 1. The van der Waals surface area contributed by atoms with E-state index in [2.05, 4.69) is 4.98 Å². The molecule has 21 heavy (non-hydrogen) atoms. The van der Waals surface area contributed by atoms with Crippen LogP contribution in [0.5, 0.6) is 0 Å². The number of alkyl halides is 2. The second kappa shape index (κ2) is 5.11. The van der Waals surface area contributed by atoms with E-state index >= 15 is 0 Å². The molecule has 1 atom stereocenters. The summed E-state index contributed by atoms with van der Waals surface area (Å²) in [6.07, 6.45) is 1.25. The number of carboxylic acids is 1. The fraction of sp³-hybridized carbons (Fsp3) is 0.400. The van der Waals surface area contributed by atoms with Crippen LogP contribution >= 0.6 is 0 Å². The van der Waals surface area contributed by atoms with Gasteiger partial charge in [-0.25, -0.2) is 8.78 Å². The Kier molecular flexibility index (Phi) is 3.41. The van der Waals surface area contributed by atoms with Crippen molar-refractivity contribution in [1.82, 2.24) is 9.88 Å². The predicted molar refractivity (Wildman–Crippen MR) is 74.3 cm³/mol. The van der Waals surface area contributed by atoms with Crippen LogP contribution in [0.25, 0.3) is 10.9 Å². The van der Waals surface area contributed by atoms with E-state index < -0.39 is 24.2 Å². The fourth-order valence-corrected chi connectivity index (χ4v) is 2.93. The van der Waals surface area contributed by atoms with Gasteiger partial charge < -0.3 is 10.1 Å². The van der Waals surface area contributed by atoms with Crippen LogP contribution in [0.15, 0.2) is 30.5 Å². The molecular formula is C15H16F2N2O2. The number of nitrogens with one attached hydrogen (secondary N) is 1. The van der Waals surface area contributed by atoms with E-state index in [-0.39, 0.29) is 13.1 Å². The number of halogens is 2. The molecule has 1 fully saturated rings. The molecule has 1 aromatic carbocycles. The first-order valence-corrected chi connectivity index (χ1v) is 6.82. The van der Waals surface area contributed by atoms with E-state index in [0.717, 1.165) is 16.5 Å². The van der Waals surface area contributed by atoms with Crippen molar-refractivity contribution in [1.29, 1.82) is 0 Å². The molecule has 2 N–H and O–H groups in total. The Morgan fingerprint density at radius 2 is 2.24 bits per heavy atom. The summed E-state index contributed by atoms with van der Waals surface area (Å²) in [6.45, 7) is 0.0988. The zero-order chi connectivity index (χ0) is 15.0. The standard InChI is InChI=1S/C15H16F2N2O2/c16-15(17)6-12(14(20)21)8-19(9-15)7-10-1-2-11-3-4-18-13(11)5-10/h1-5,12,18H,6-9H2,(H,20,21). The largest absolute Gasteiger partial charge is 0.481 e. The molecule has 0 bridgehead atoms. The molecule has 2 heterocycles. The maximum Gasteiger partial charge on any atom is 0.308 e. The Morgan fingerprint density at radius 1 is 1.43 bits per heavy atom. The lowest BCUT2D eigenvalue weighted by atomic mass is 9.95. The number of carboxylic acid groups (broad SMARTS) is 1. The van der Waals surface area contributed by atoms with E-state index in [0.29, 0.717) is 6.54 Å². The molecule has 6 heteroatoms. The lowest BCUT2D eigenvalue weighted by Gasteiger charge is -2.35. The van der Waals surface area contributed by atoms with Crippen molar-refractivity contribution in [2.75, 3.05) is 13.1 Å². The number of benzene rings is 1. The summed E-state index contributed by atoms with van der Waals surface area (Å²) in [5.74, 6) is -5.11. The minimum atomic E-state index is -2.95. The van der Waals surface area contributed by atoms with Crippen LogP contribution in [0.1, 0.15) is 12.0 Å². The van der Waals surface area contributed by atoms with E-state index in [4.69, 9.17) is 5.11 Å². The molecular weight excluding hydrogens is 278 g/mol. The minimum Gasteiger partial charge on any atom is -0.481 e. The highest BCUT2D eigenvalue weighted by Crippen LogP contribution is 2.31. The van der Waals surface area contributed by atoms with Crippen LogP contribution < -0.4 is 0 Å². The number of aromatic amines is 1. The van der Waals surface area contributed by atoms with Crippen molar-refractivity contribution in [2.45, 2.75) is 18.9 Å². The molecule has 112 valence electrons. The Balaban J connectivity index is 1.77. The Labute approximate surface area is 120 Å². The minimum absolute atomic E-state index is 0.160. The summed E-state index contributed by atoms with van der Waals surface area (Å²) in [7, 11) is 0. The molecule has 2 aromatic rings. The highest BCUT2D eigenvalue weighted by Gasteiger charge is 2.42. The summed E-state index contributed by atoms with van der Waals surface area (Å²) >= 11 is 0. The number of carbonyl (C=O) groups is 1. The Morgan fingerprint density at radius 3 is 3.00 bits per heavy atom. The summed E-state index contributed by atoms with van der Waals surface area (Å²) in [5.41, 5.74) is 1.85. The number of aromatic nitrogens is 1. The normalized spacial score (nSPS) is 22.5. The second-order valence-corrected chi connectivity index (χ2v) is 5.66. The lowest BCUT2D eigenvalue weighted by Crippen LogP contribution is -2.48. The monoisotopic (exact) mass is 294 g/mol. The van der Waals surface area contributed by atoms with E-state index in [1.165, 1.54) is 4.90 Å². The third-order valence-corrected chi connectivity index (χ3v) is 3.85. The average Bonchev–Trinajstić information content (AvgIpc) is 2.84. The summed E-state index contributed by atoms with van der Waals surface area (Å²) in [5, 5.41) is 10.1. The number of hydrogen-bond donors (Lipinski definition) is 2. The van der Waals surface area contributed by atoms with Gasteiger partial charge in [0.1, 0.15) is 0 Å². The predicted octanol–water partition coefficient (Wildman–Crippen LogP) is 2.71. The van der Waals surface area contributed by atoms with Gasteiger partial charge in [0.2, 0.25) is 0 Å². The first kappa shape index (κ1) is 14.0. The summed E-state index contributed by atoms with van der Waals surface area (Å²) in [6, 6.07) is 7.67. The van der Waals surface area contributed by atoms with Gasteiger partial charge in [0, 0.05) is 31.2 Å². The molecule has 0 spiro atoms. The van der Waals surface area contributed by atoms with E-state index in [1.54, 1.807) is 0 Å². The van der Waals surface area contributed by atoms with Crippen LogP contribution in [-0.2, 0) is 11.3 Å². The van der Waals surface area contributed by atoms with Gasteiger partial charge in [-0.15, -0.1) is 0 Å². The van der Waals surface area contributed by atoms with Crippen LogP contribution in [0, 0.1) is 5.92 Å². The third-order valence-electron chi connectivity index (χ3n) is 3.85. The van der Waals surface area contributed by atoms with Crippen LogP contribution in [0.2, 0.25) is 0 Å². The first-order valence-electron chi connectivity index (χ1n) is 6.82. The molecule has 4 nitrogen and oxygen atoms in total. The van der Waals surface area contributed by atoms with Gasteiger partial charge in [0.15, 0.2) is 0 Å².